The monoisotopic (exact) mass is 461 g/mol. The number of hydrogen-bond donors (Lipinski definition) is 1. The molecule has 2 saturated heterocycles. The van der Waals surface area contributed by atoms with Crippen LogP contribution in [0.25, 0.3) is 0 Å². The van der Waals surface area contributed by atoms with E-state index < -0.39 is 11.7 Å². The molecule has 2 heterocycles. The Bertz CT molecular complexity index is 1020. The van der Waals surface area contributed by atoms with Crippen LogP contribution in [0.1, 0.15) is 35.2 Å². The van der Waals surface area contributed by atoms with E-state index in [1.807, 2.05) is 17.0 Å². The number of benzene rings is 2. The molecule has 0 radical (unpaired) electrons. The molecule has 1 N–H and O–H groups in total. The van der Waals surface area contributed by atoms with Gasteiger partial charge in [-0.05, 0) is 61.1 Å². The van der Waals surface area contributed by atoms with Gasteiger partial charge in [0.15, 0.2) is 0 Å². The van der Waals surface area contributed by atoms with Gasteiger partial charge in [-0.2, -0.15) is 13.2 Å². The third kappa shape index (κ3) is 4.91. The SMILES string of the molecule is COc1ccccc1C(=O)N1CCC2(CCN(C(=O)Nc3ccc(C(F)(F)F)cc3)C2)CC1. The van der Waals surface area contributed by atoms with Gasteiger partial charge in [0, 0.05) is 31.9 Å². The summed E-state index contributed by atoms with van der Waals surface area (Å²) < 4.78 is 43.5. The van der Waals surface area contributed by atoms with Crippen LogP contribution in [-0.2, 0) is 6.18 Å². The van der Waals surface area contributed by atoms with Gasteiger partial charge in [0.25, 0.3) is 5.91 Å². The number of nitrogens with one attached hydrogen (secondary N) is 1. The van der Waals surface area contributed by atoms with Gasteiger partial charge >= 0.3 is 12.2 Å². The number of carbonyl (C=O) groups excluding carboxylic acids is 2. The van der Waals surface area contributed by atoms with Gasteiger partial charge in [-0.1, -0.05) is 12.1 Å². The number of para-hydroxylation sites is 1. The molecule has 0 aromatic heterocycles. The molecule has 176 valence electrons. The molecule has 6 nitrogen and oxygen atoms in total. The van der Waals surface area contributed by atoms with Crippen molar-refractivity contribution in [2.75, 3.05) is 38.6 Å². The zero-order chi connectivity index (χ0) is 23.6. The number of anilines is 1. The second-order valence-electron chi connectivity index (χ2n) is 8.67. The van der Waals surface area contributed by atoms with Crippen molar-refractivity contribution < 1.29 is 27.5 Å². The summed E-state index contributed by atoms with van der Waals surface area (Å²) in [6.07, 6.45) is -1.99. The first-order valence-electron chi connectivity index (χ1n) is 10.9. The molecule has 0 saturated carbocycles. The Labute approximate surface area is 190 Å². The van der Waals surface area contributed by atoms with E-state index in [9.17, 15) is 22.8 Å². The molecular formula is C24H26F3N3O3. The van der Waals surface area contributed by atoms with Gasteiger partial charge in [-0.3, -0.25) is 4.79 Å². The summed E-state index contributed by atoms with van der Waals surface area (Å²) in [7, 11) is 1.54. The standard InChI is InChI=1S/C24H26F3N3O3/c1-33-20-5-3-2-4-19(20)21(31)29-13-10-23(11-14-29)12-15-30(16-23)22(32)28-18-8-6-17(7-9-18)24(25,26)27/h2-9H,10-16H2,1H3,(H,28,32). The van der Waals surface area contributed by atoms with Crippen molar-refractivity contribution in [3.63, 3.8) is 0 Å². The third-order valence-corrected chi connectivity index (χ3v) is 6.64. The maximum Gasteiger partial charge on any atom is 0.416 e. The second kappa shape index (κ2) is 8.96. The molecular weight excluding hydrogens is 435 g/mol. The van der Waals surface area contributed by atoms with Gasteiger partial charge in [-0.15, -0.1) is 0 Å². The predicted molar refractivity (Wildman–Crippen MR) is 117 cm³/mol. The van der Waals surface area contributed by atoms with Gasteiger partial charge in [0.1, 0.15) is 5.75 Å². The van der Waals surface area contributed by atoms with Crippen molar-refractivity contribution in [3.05, 3.63) is 59.7 Å². The van der Waals surface area contributed by atoms with Crippen LogP contribution in [0.2, 0.25) is 0 Å². The maximum atomic E-state index is 12.9. The zero-order valence-electron chi connectivity index (χ0n) is 18.3. The minimum absolute atomic E-state index is 0.0466. The molecule has 33 heavy (non-hydrogen) atoms. The lowest BCUT2D eigenvalue weighted by molar-refractivity contribution is -0.137. The van der Waals surface area contributed by atoms with Gasteiger partial charge in [0.05, 0.1) is 18.2 Å². The minimum Gasteiger partial charge on any atom is -0.496 e. The van der Waals surface area contributed by atoms with Gasteiger partial charge in [-0.25, -0.2) is 4.79 Å². The first-order valence-corrected chi connectivity index (χ1v) is 10.9. The van der Waals surface area contributed by atoms with Gasteiger partial charge < -0.3 is 19.9 Å². The number of alkyl halides is 3. The predicted octanol–water partition coefficient (Wildman–Crippen LogP) is 4.87. The molecule has 3 amide bonds. The van der Waals surface area contributed by atoms with Crippen LogP contribution < -0.4 is 10.1 Å². The van der Waals surface area contributed by atoms with Crippen LogP contribution >= 0.6 is 0 Å². The van der Waals surface area contributed by atoms with E-state index in [1.165, 1.54) is 12.1 Å². The van der Waals surface area contributed by atoms with E-state index in [0.29, 0.717) is 43.2 Å². The lowest BCUT2D eigenvalue weighted by atomic mass is 9.77. The van der Waals surface area contributed by atoms with Crippen LogP contribution in [0.4, 0.5) is 23.7 Å². The Morgan fingerprint density at radius 2 is 1.55 bits per heavy atom. The fraction of sp³-hybridized carbons (Fsp3) is 0.417. The van der Waals surface area contributed by atoms with Crippen molar-refractivity contribution in [1.82, 2.24) is 9.80 Å². The molecule has 4 rings (SSSR count). The third-order valence-electron chi connectivity index (χ3n) is 6.64. The number of nitrogens with zero attached hydrogens (tertiary/aromatic N) is 2. The number of methoxy groups -OCH3 is 1. The summed E-state index contributed by atoms with van der Waals surface area (Å²) in [6.45, 7) is 2.35. The van der Waals surface area contributed by atoms with Gasteiger partial charge in [0.2, 0.25) is 0 Å². The Kier molecular flexibility index (Phi) is 6.23. The summed E-state index contributed by atoms with van der Waals surface area (Å²) >= 11 is 0. The maximum absolute atomic E-state index is 12.9. The van der Waals surface area contributed by atoms with Crippen LogP contribution in [0.15, 0.2) is 48.5 Å². The van der Waals surface area contributed by atoms with Crippen molar-refractivity contribution in [3.8, 4) is 5.75 Å². The smallest absolute Gasteiger partial charge is 0.416 e. The molecule has 0 aliphatic carbocycles. The Hall–Kier alpha value is -3.23. The number of carbonyl (C=O) groups is 2. The highest BCUT2D eigenvalue weighted by atomic mass is 19.4. The Morgan fingerprint density at radius 3 is 2.15 bits per heavy atom. The average molecular weight is 461 g/mol. The number of rotatable bonds is 3. The molecule has 9 heteroatoms. The second-order valence-corrected chi connectivity index (χ2v) is 8.67. The van der Waals surface area contributed by atoms with E-state index in [4.69, 9.17) is 4.74 Å². The average Bonchev–Trinajstić information content (AvgIpc) is 3.22. The van der Waals surface area contributed by atoms with Crippen molar-refractivity contribution in [1.29, 1.82) is 0 Å². The zero-order valence-corrected chi connectivity index (χ0v) is 18.3. The van der Waals surface area contributed by atoms with Crippen LogP contribution in [0.3, 0.4) is 0 Å². The van der Waals surface area contributed by atoms with Crippen LogP contribution in [0.5, 0.6) is 5.75 Å². The van der Waals surface area contributed by atoms with Crippen LogP contribution in [0, 0.1) is 5.41 Å². The van der Waals surface area contributed by atoms with Crippen molar-refractivity contribution >= 4 is 17.6 Å². The largest absolute Gasteiger partial charge is 0.496 e. The highest BCUT2D eigenvalue weighted by Crippen LogP contribution is 2.41. The first kappa shape index (κ1) is 22.9. The van der Waals surface area contributed by atoms with Crippen molar-refractivity contribution in [2.45, 2.75) is 25.4 Å². The molecule has 2 aromatic rings. The first-order chi connectivity index (χ1) is 15.7. The highest BCUT2D eigenvalue weighted by Gasteiger charge is 2.43. The summed E-state index contributed by atoms with van der Waals surface area (Å²) in [4.78, 5) is 29.1. The van der Waals surface area contributed by atoms with Crippen LogP contribution in [-0.4, -0.2) is 55.0 Å². The molecule has 2 aromatic carbocycles. The Balaban J connectivity index is 1.32. The molecule has 2 fully saturated rings. The summed E-state index contributed by atoms with van der Waals surface area (Å²) in [5.74, 6) is 0.493. The molecule has 1 spiro atoms. The number of hydrogen-bond acceptors (Lipinski definition) is 3. The molecule has 2 aliphatic rings. The fourth-order valence-corrected chi connectivity index (χ4v) is 4.64. The number of likely N-dealkylation sites (tertiary alicyclic amines) is 2. The summed E-state index contributed by atoms with van der Waals surface area (Å²) in [5, 5.41) is 2.69. The lowest BCUT2D eigenvalue weighted by Gasteiger charge is -2.39. The quantitative estimate of drug-likeness (QED) is 0.709. The topological polar surface area (TPSA) is 61.9 Å². The Morgan fingerprint density at radius 1 is 0.939 bits per heavy atom. The van der Waals surface area contributed by atoms with E-state index in [0.717, 1.165) is 31.4 Å². The number of urea groups is 1. The van der Waals surface area contributed by atoms with E-state index in [2.05, 4.69) is 5.32 Å². The molecule has 0 atom stereocenters. The molecule has 0 bridgehead atoms. The van der Waals surface area contributed by atoms with E-state index in [1.54, 1.807) is 24.1 Å². The normalized spacial score (nSPS) is 17.8. The molecule has 2 aliphatic heterocycles. The number of piperidine rings is 1. The number of amides is 3. The lowest BCUT2D eigenvalue weighted by Crippen LogP contribution is -2.45. The number of halogens is 3. The van der Waals surface area contributed by atoms with Crippen molar-refractivity contribution in [2.24, 2.45) is 5.41 Å². The van der Waals surface area contributed by atoms with E-state index in [-0.39, 0.29) is 17.4 Å². The summed E-state index contributed by atoms with van der Waals surface area (Å²) in [5.41, 5.74) is 0.0656. The summed E-state index contributed by atoms with van der Waals surface area (Å²) in [6, 6.07) is 11.3. The highest BCUT2D eigenvalue weighted by molar-refractivity contribution is 5.97. The molecule has 0 unspecified atom stereocenters. The van der Waals surface area contributed by atoms with E-state index >= 15 is 0 Å². The number of ether oxygens (including phenoxy) is 1. The minimum atomic E-state index is -4.41. The fourth-order valence-electron chi connectivity index (χ4n) is 4.64.